The predicted octanol–water partition coefficient (Wildman–Crippen LogP) is 4.98. The molecule has 0 radical (unpaired) electrons. The zero-order valence-electron chi connectivity index (χ0n) is 15.5. The average molecular weight is 370 g/mol. The van der Waals surface area contributed by atoms with Gasteiger partial charge in [0.25, 0.3) is 0 Å². The van der Waals surface area contributed by atoms with Crippen LogP contribution >= 0.6 is 0 Å². The molecule has 2 aromatic carbocycles. The van der Waals surface area contributed by atoms with Crippen molar-refractivity contribution in [2.24, 2.45) is 0 Å². The monoisotopic (exact) mass is 370 g/mol. The highest BCUT2D eigenvalue weighted by atomic mass is 19.1. The molecule has 5 heteroatoms. The van der Waals surface area contributed by atoms with E-state index in [9.17, 15) is 4.39 Å². The Labute approximate surface area is 163 Å². The molecule has 0 spiro atoms. The summed E-state index contributed by atoms with van der Waals surface area (Å²) in [4.78, 5) is 15.4. The Hall–Kier alpha value is -3.60. The van der Waals surface area contributed by atoms with Crippen molar-refractivity contribution in [3.8, 4) is 22.6 Å². The Morgan fingerprint density at radius 1 is 0.857 bits per heavy atom. The summed E-state index contributed by atoms with van der Waals surface area (Å²) in [6.07, 6.45) is 3.39. The van der Waals surface area contributed by atoms with Gasteiger partial charge in [-0.2, -0.15) is 0 Å². The lowest BCUT2D eigenvalue weighted by Gasteiger charge is -2.20. The minimum absolute atomic E-state index is 0.307. The van der Waals surface area contributed by atoms with E-state index in [0.29, 0.717) is 23.6 Å². The second-order valence-electron chi connectivity index (χ2n) is 6.49. The van der Waals surface area contributed by atoms with Crippen LogP contribution in [0.15, 0.2) is 85.2 Å². The van der Waals surface area contributed by atoms with Crippen LogP contribution < -0.4 is 4.90 Å². The molecular weight excluding hydrogens is 351 g/mol. The maximum absolute atomic E-state index is 14.4. The fourth-order valence-corrected chi connectivity index (χ4v) is 3.01. The zero-order valence-corrected chi connectivity index (χ0v) is 15.5. The van der Waals surface area contributed by atoms with Crippen molar-refractivity contribution >= 4 is 5.82 Å². The Morgan fingerprint density at radius 3 is 2.32 bits per heavy atom. The highest BCUT2D eigenvalue weighted by molar-refractivity contribution is 5.68. The third-order valence-corrected chi connectivity index (χ3v) is 4.45. The molecule has 0 saturated carbocycles. The maximum atomic E-state index is 14.4. The van der Waals surface area contributed by atoms with Crippen molar-refractivity contribution in [1.82, 2.24) is 15.0 Å². The van der Waals surface area contributed by atoms with E-state index in [1.54, 1.807) is 30.6 Å². The van der Waals surface area contributed by atoms with E-state index in [2.05, 4.69) is 22.1 Å². The third kappa shape index (κ3) is 3.88. The molecular formula is C23H19FN4. The number of nitrogens with zero attached hydrogens (tertiary/aromatic N) is 4. The van der Waals surface area contributed by atoms with Crippen LogP contribution in [0.25, 0.3) is 22.6 Å². The van der Waals surface area contributed by atoms with Crippen LogP contribution in [0.2, 0.25) is 0 Å². The molecule has 28 heavy (non-hydrogen) atoms. The first-order valence-corrected chi connectivity index (χ1v) is 9.00. The van der Waals surface area contributed by atoms with Crippen LogP contribution in [0.5, 0.6) is 0 Å². The summed E-state index contributed by atoms with van der Waals surface area (Å²) in [6, 6.07) is 22.3. The van der Waals surface area contributed by atoms with Crippen LogP contribution in [-0.2, 0) is 6.54 Å². The molecule has 0 saturated heterocycles. The van der Waals surface area contributed by atoms with Crippen LogP contribution in [0.4, 0.5) is 10.2 Å². The summed E-state index contributed by atoms with van der Waals surface area (Å²) < 4.78 is 14.4. The van der Waals surface area contributed by atoms with E-state index < -0.39 is 0 Å². The number of rotatable bonds is 5. The molecule has 2 heterocycles. The van der Waals surface area contributed by atoms with Gasteiger partial charge in [-0.25, -0.2) is 14.4 Å². The van der Waals surface area contributed by atoms with E-state index >= 15 is 0 Å². The highest BCUT2D eigenvalue weighted by Gasteiger charge is 2.14. The molecule has 0 N–H and O–H groups in total. The number of halogens is 1. The number of pyridine rings is 1. The molecule has 0 bridgehead atoms. The van der Waals surface area contributed by atoms with Gasteiger partial charge in [0.2, 0.25) is 0 Å². The molecule has 2 aromatic heterocycles. The number of anilines is 1. The summed E-state index contributed by atoms with van der Waals surface area (Å²) in [6.45, 7) is 0.685. The summed E-state index contributed by atoms with van der Waals surface area (Å²) in [7, 11) is 1.97. The number of benzene rings is 2. The van der Waals surface area contributed by atoms with Crippen molar-refractivity contribution in [3.05, 3.63) is 96.6 Å². The average Bonchev–Trinajstić information content (AvgIpc) is 2.75. The van der Waals surface area contributed by atoms with E-state index in [0.717, 1.165) is 11.4 Å². The zero-order chi connectivity index (χ0) is 19.3. The summed E-state index contributed by atoms with van der Waals surface area (Å²) >= 11 is 0. The first kappa shape index (κ1) is 17.8. The lowest BCUT2D eigenvalue weighted by Crippen LogP contribution is -2.18. The summed E-state index contributed by atoms with van der Waals surface area (Å²) in [5, 5.41) is 0. The molecule has 0 fully saturated rings. The molecule has 138 valence electrons. The van der Waals surface area contributed by atoms with Crippen molar-refractivity contribution in [2.75, 3.05) is 11.9 Å². The largest absolute Gasteiger partial charge is 0.355 e. The lowest BCUT2D eigenvalue weighted by molar-refractivity contribution is 0.630. The molecule has 4 nitrogen and oxygen atoms in total. The van der Waals surface area contributed by atoms with Crippen LogP contribution in [0.3, 0.4) is 0 Å². The van der Waals surface area contributed by atoms with Gasteiger partial charge in [-0.3, -0.25) is 4.98 Å². The van der Waals surface area contributed by atoms with Gasteiger partial charge >= 0.3 is 0 Å². The number of hydrogen-bond acceptors (Lipinski definition) is 4. The van der Waals surface area contributed by atoms with E-state index in [1.165, 1.54) is 11.6 Å². The Balaban J connectivity index is 1.79. The van der Waals surface area contributed by atoms with Crippen molar-refractivity contribution in [1.29, 1.82) is 0 Å². The number of hydrogen-bond donors (Lipinski definition) is 0. The minimum Gasteiger partial charge on any atom is -0.355 e. The quantitative estimate of drug-likeness (QED) is 0.497. The van der Waals surface area contributed by atoms with Gasteiger partial charge in [0.15, 0.2) is 5.82 Å². The van der Waals surface area contributed by atoms with Gasteiger partial charge in [-0.15, -0.1) is 0 Å². The Morgan fingerprint density at radius 2 is 1.57 bits per heavy atom. The Kier molecular flexibility index (Phi) is 5.06. The second kappa shape index (κ2) is 7.96. The molecule has 4 rings (SSSR count). The van der Waals surface area contributed by atoms with Gasteiger partial charge in [0.05, 0.1) is 5.69 Å². The van der Waals surface area contributed by atoms with Gasteiger partial charge in [0, 0.05) is 43.2 Å². The summed E-state index contributed by atoms with van der Waals surface area (Å²) in [5.74, 6) is 0.959. The van der Waals surface area contributed by atoms with Gasteiger partial charge in [0.1, 0.15) is 11.6 Å². The topological polar surface area (TPSA) is 41.9 Å². The van der Waals surface area contributed by atoms with Crippen molar-refractivity contribution < 1.29 is 4.39 Å². The van der Waals surface area contributed by atoms with Crippen LogP contribution in [0.1, 0.15) is 5.56 Å². The normalized spacial score (nSPS) is 10.6. The van der Waals surface area contributed by atoms with E-state index in [1.807, 2.05) is 48.3 Å². The molecule has 0 aliphatic heterocycles. The number of aromatic nitrogens is 3. The molecule has 4 aromatic rings. The van der Waals surface area contributed by atoms with Gasteiger partial charge in [-0.1, -0.05) is 42.5 Å². The van der Waals surface area contributed by atoms with E-state index in [4.69, 9.17) is 4.98 Å². The third-order valence-electron chi connectivity index (χ3n) is 4.45. The Bertz CT molecular complexity index is 1070. The lowest BCUT2D eigenvalue weighted by atomic mass is 10.1. The smallest absolute Gasteiger partial charge is 0.162 e. The first-order valence-electron chi connectivity index (χ1n) is 9.00. The fourth-order valence-electron chi connectivity index (χ4n) is 3.01. The predicted molar refractivity (Wildman–Crippen MR) is 109 cm³/mol. The molecule has 0 aliphatic rings. The SMILES string of the molecule is CN(Cc1ccccc1)c1cc(-c2ccccc2F)nc(-c2ccncc2)n1. The van der Waals surface area contributed by atoms with Crippen LogP contribution in [0, 0.1) is 5.82 Å². The molecule has 0 unspecified atom stereocenters. The minimum atomic E-state index is -0.307. The van der Waals surface area contributed by atoms with Gasteiger partial charge < -0.3 is 4.90 Å². The van der Waals surface area contributed by atoms with Crippen LogP contribution in [-0.4, -0.2) is 22.0 Å². The van der Waals surface area contributed by atoms with E-state index in [-0.39, 0.29) is 5.82 Å². The molecule has 0 amide bonds. The molecule has 0 atom stereocenters. The highest BCUT2D eigenvalue weighted by Crippen LogP contribution is 2.27. The summed E-state index contributed by atoms with van der Waals surface area (Å²) in [5.41, 5.74) is 3.01. The maximum Gasteiger partial charge on any atom is 0.162 e. The second-order valence-corrected chi connectivity index (χ2v) is 6.49. The molecule has 0 aliphatic carbocycles. The van der Waals surface area contributed by atoms with Crippen molar-refractivity contribution in [3.63, 3.8) is 0 Å². The standard InChI is InChI=1S/C23H19FN4/c1-28(16-17-7-3-2-4-8-17)22-15-21(19-9-5-6-10-20(19)24)26-23(27-22)18-11-13-25-14-12-18/h2-15H,16H2,1H3. The first-order chi connectivity index (χ1) is 13.7. The van der Waals surface area contributed by atoms with Gasteiger partial charge in [-0.05, 0) is 29.8 Å². The fraction of sp³-hybridized carbons (Fsp3) is 0.0870. The van der Waals surface area contributed by atoms with Crippen molar-refractivity contribution in [2.45, 2.75) is 6.54 Å².